The summed E-state index contributed by atoms with van der Waals surface area (Å²) in [5.74, 6) is -2.32. The zero-order valence-corrected chi connectivity index (χ0v) is 36.5. The van der Waals surface area contributed by atoms with Crippen LogP contribution in [0.25, 0.3) is 0 Å². The fourth-order valence-electron chi connectivity index (χ4n) is 6.51. The molecule has 4 aromatic rings. The minimum absolute atomic E-state index is 0.0436. The number of benzene rings is 4. The molecule has 4 aromatic carbocycles. The van der Waals surface area contributed by atoms with Crippen LogP contribution < -0.4 is 10.6 Å². The second-order valence-electron chi connectivity index (χ2n) is 13.5. The van der Waals surface area contributed by atoms with Crippen molar-refractivity contribution in [2.75, 3.05) is 27.0 Å². The fourth-order valence-corrected chi connectivity index (χ4v) is 9.40. The summed E-state index contributed by atoms with van der Waals surface area (Å²) in [5.41, 5.74) is 1.22. The number of carbonyl (C=O) groups is 4. The molecule has 0 aliphatic heterocycles. The summed E-state index contributed by atoms with van der Waals surface area (Å²) in [6.45, 7) is 2.35. The Morgan fingerprint density at radius 1 is 0.825 bits per heavy atom. The molecule has 0 spiro atoms. The van der Waals surface area contributed by atoms with Crippen LogP contribution in [0, 0.1) is 5.92 Å². The van der Waals surface area contributed by atoms with Crippen LogP contribution in [0.15, 0.2) is 95.9 Å². The SMILES string of the molecule is CCN(C1CCC(C(=O)OI(C)C)CC1)S(=O)c1cccc(C(=O)Nc2ccc(C(F)(F)F)cc2C(=O)Nc2ccc(CCc3ccc(C(=O)OI)cc3)cc2)c1. The van der Waals surface area contributed by atoms with E-state index in [1.165, 1.54) is 35.1 Å². The standard InChI is InChI=1S/C41H42F3I2N3O7S/c1-4-49(33-21-16-29(17-22-33)40(53)56-46(2)3)57(54)34-7-5-6-30(24-34)37(50)48-36-23-18-31(41(42,43)44)25-35(36)38(51)47-32-19-12-27(13-20-32)9-8-26-10-14-28(15-11-26)39(52)55-45/h5-7,10-15,18-20,23-25,29,33H,4,8-9,16-17,21-22H2,1-3H3,(H,47,51)(H,48,50). The van der Waals surface area contributed by atoms with Gasteiger partial charge in [0.15, 0.2) is 23.0 Å². The number of amides is 2. The molecule has 1 atom stereocenters. The Kier molecular flexibility index (Phi) is 15.7. The Labute approximate surface area is 353 Å². The summed E-state index contributed by atoms with van der Waals surface area (Å²) in [7, 11) is -1.65. The van der Waals surface area contributed by atoms with Gasteiger partial charge in [-0.25, -0.2) is 4.79 Å². The molecule has 1 aliphatic rings. The van der Waals surface area contributed by atoms with Gasteiger partial charge in [-0.2, -0.15) is 13.2 Å². The van der Waals surface area contributed by atoms with E-state index in [1.807, 2.05) is 33.2 Å². The average Bonchev–Trinajstić information content (AvgIpc) is 3.20. The normalized spacial score (nSPS) is 16.3. The molecule has 0 bridgehead atoms. The molecule has 57 heavy (non-hydrogen) atoms. The third kappa shape index (κ3) is 12.1. The first-order valence-electron chi connectivity index (χ1n) is 18.0. The van der Waals surface area contributed by atoms with Crippen LogP contribution in [-0.2, 0) is 40.9 Å². The number of hydrogen-bond acceptors (Lipinski definition) is 7. The number of anilines is 2. The molecule has 2 amide bonds. The fraction of sp³-hybridized carbons (Fsp3) is 0.317. The Bertz CT molecular complexity index is 2090. The second kappa shape index (κ2) is 20.2. The average molecular weight is 1030 g/mol. The van der Waals surface area contributed by atoms with Crippen LogP contribution in [-0.4, -0.2) is 54.7 Å². The van der Waals surface area contributed by atoms with Crippen LogP contribution in [0.5, 0.6) is 0 Å². The molecule has 1 saturated carbocycles. The van der Waals surface area contributed by atoms with Crippen molar-refractivity contribution < 1.29 is 42.7 Å². The number of halogens is 5. The number of carbonyl (C=O) groups excluding carboxylic acids is 4. The molecule has 5 rings (SSSR count). The third-order valence-corrected chi connectivity index (χ3v) is 12.9. The molecule has 0 saturated heterocycles. The van der Waals surface area contributed by atoms with Gasteiger partial charge in [0, 0.05) is 5.69 Å². The summed E-state index contributed by atoms with van der Waals surface area (Å²) in [6.07, 6.45) is -0.823. The van der Waals surface area contributed by atoms with Gasteiger partial charge in [0.2, 0.25) is 0 Å². The summed E-state index contributed by atoms with van der Waals surface area (Å²) < 4.78 is 67.3. The molecule has 10 nitrogen and oxygen atoms in total. The van der Waals surface area contributed by atoms with Crippen LogP contribution in [0.2, 0.25) is 0 Å². The van der Waals surface area contributed by atoms with E-state index in [0.717, 1.165) is 23.3 Å². The van der Waals surface area contributed by atoms with Crippen molar-refractivity contribution in [2.45, 2.75) is 62.6 Å². The van der Waals surface area contributed by atoms with Crippen LogP contribution in [0.3, 0.4) is 0 Å². The summed E-state index contributed by atoms with van der Waals surface area (Å²) in [5, 5.41) is 5.21. The van der Waals surface area contributed by atoms with Crippen molar-refractivity contribution in [1.29, 1.82) is 0 Å². The predicted molar refractivity (Wildman–Crippen MR) is 230 cm³/mol. The topological polar surface area (TPSA) is 131 Å². The first-order chi connectivity index (χ1) is 27.2. The van der Waals surface area contributed by atoms with Crippen molar-refractivity contribution in [1.82, 2.24) is 4.31 Å². The molecular weight excluding hydrogens is 989 g/mol. The Morgan fingerprint density at radius 2 is 1.46 bits per heavy atom. The summed E-state index contributed by atoms with van der Waals surface area (Å²) in [6, 6.07) is 22.5. The summed E-state index contributed by atoms with van der Waals surface area (Å²) in [4.78, 5) is 55.5. The van der Waals surface area contributed by atoms with E-state index in [4.69, 9.17) is 6.13 Å². The van der Waals surface area contributed by atoms with Crippen LogP contribution >= 0.6 is 43.2 Å². The number of nitrogens with zero attached hydrogens (tertiary/aromatic N) is 1. The van der Waals surface area contributed by atoms with E-state index < -0.39 is 66.3 Å². The Morgan fingerprint density at radius 3 is 2.04 bits per heavy atom. The van der Waals surface area contributed by atoms with Crippen molar-refractivity contribution in [2.24, 2.45) is 5.92 Å². The van der Waals surface area contributed by atoms with E-state index >= 15 is 0 Å². The van der Waals surface area contributed by atoms with E-state index in [0.29, 0.717) is 67.3 Å². The van der Waals surface area contributed by atoms with Crippen molar-refractivity contribution in [3.8, 4) is 0 Å². The molecule has 0 aromatic heterocycles. The van der Waals surface area contributed by atoms with Gasteiger partial charge >= 0.3 is 167 Å². The van der Waals surface area contributed by atoms with Gasteiger partial charge in [0.1, 0.15) is 0 Å². The summed E-state index contributed by atoms with van der Waals surface area (Å²) >= 11 is -0.129. The Balaban J connectivity index is 1.26. The molecule has 1 fully saturated rings. The molecule has 1 unspecified atom stereocenters. The molecule has 1 aliphatic carbocycles. The third-order valence-electron chi connectivity index (χ3n) is 9.50. The molecule has 304 valence electrons. The molecule has 2 N–H and O–H groups in total. The number of hydrogen-bond donors (Lipinski definition) is 2. The van der Waals surface area contributed by atoms with Crippen LogP contribution in [0.4, 0.5) is 24.5 Å². The van der Waals surface area contributed by atoms with Crippen molar-refractivity contribution in [3.05, 3.63) is 124 Å². The van der Waals surface area contributed by atoms with Gasteiger partial charge in [-0.3, -0.25) is 9.59 Å². The molecule has 0 radical (unpaired) electrons. The van der Waals surface area contributed by atoms with Gasteiger partial charge in [0.05, 0.1) is 22.4 Å². The van der Waals surface area contributed by atoms with Gasteiger partial charge < -0.3 is 13.7 Å². The van der Waals surface area contributed by atoms with Crippen molar-refractivity contribution in [3.63, 3.8) is 0 Å². The van der Waals surface area contributed by atoms with E-state index in [2.05, 4.69) is 10.6 Å². The van der Waals surface area contributed by atoms with Gasteiger partial charge in [-0.05, 0) is 66.4 Å². The van der Waals surface area contributed by atoms with Crippen molar-refractivity contribution >= 4 is 89.4 Å². The first kappa shape index (κ1) is 44.2. The monoisotopic (exact) mass is 1030 g/mol. The minimum atomic E-state index is -4.75. The maximum atomic E-state index is 13.8. The predicted octanol–water partition coefficient (Wildman–Crippen LogP) is 9.63. The van der Waals surface area contributed by atoms with Crippen LogP contribution in [0.1, 0.15) is 80.4 Å². The van der Waals surface area contributed by atoms with Gasteiger partial charge in [0.25, 0.3) is 5.91 Å². The number of rotatable bonds is 14. The molecular formula is C41H42F3I2N3O7S. The van der Waals surface area contributed by atoms with Gasteiger partial charge in [-0.15, -0.1) is 0 Å². The zero-order chi connectivity index (χ0) is 41.3. The zero-order valence-electron chi connectivity index (χ0n) is 31.4. The second-order valence-corrected chi connectivity index (χ2v) is 19.8. The first-order valence-corrected chi connectivity index (χ1v) is 25.2. The Hall–Kier alpha value is -3.88. The molecule has 0 heterocycles. The van der Waals surface area contributed by atoms with E-state index in [-0.39, 0.29) is 29.2 Å². The van der Waals surface area contributed by atoms with Gasteiger partial charge in [-0.1, -0.05) is 24.3 Å². The van der Waals surface area contributed by atoms with E-state index in [9.17, 15) is 36.6 Å². The maximum absolute atomic E-state index is 13.8. The number of alkyl halides is 5. The molecule has 16 heteroatoms. The quantitative estimate of drug-likeness (QED) is 0.0951. The number of aryl methyl sites for hydroxylation is 2. The number of nitrogens with one attached hydrogen (secondary N) is 2. The van der Waals surface area contributed by atoms with E-state index in [1.54, 1.807) is 48.5 Å².